The van der Waals surface area contributed by atoms with E-state index in [9.17, 15) is 9.59 Å². The van der Waals surface area contributed by atoms with Crippen LogP contribution in [0.4, 0.5) is 5.69 Å². The molecule has 0 fully saturated rings. The molecular weight excluding hydrogens is 360 g/mol. The lowest BCUT2D eigenvalue weighted by Gasteiger charge is -2.24. The summed E-state index contributed by atoms with van der Waals surface area (Å²) in [7, 11) is 0. The third-order valence-corrected chi connectivity index (χ3v) is 4.86. The summed E-state index contributed by atoms with van der Waals surface area (Å²) >= 11 is 3.38. The van der Waals surface area contributed by atoms with Crippen molar-refractivity contribution in [2.75, 3.05) is 18.5 Å². The monoisotopic (exact) mass is 384 g/mol. The second-order valence-corrected chi connectivity index (χ2v) is 7.19. The van der Waals surface area contributed by atoms with Gasteiger partial charge in [-0.1, -0.05) is 42.8 Å². The Labute approximate surface area is 146 Å². The molecule has 5 nitrogen and oxygen atoms in total. The van der Waals surface area contributed by atoms with Gasteiger partial charge >= 0.3 is 0 Å². The van der Waals surface area contributed by atoms with Gasteiger partial charge in [-0.25, -0.2) is 0 Å². The first-order valence-corrected chi connectivity index (χ1v) is 8.60. The van der Waals surface area contributed by atoms with Gasteiger partial charge in [-0.05, 0) is 24.5 Å². The van der Waals surface area contributed by atoms with Gasteiger partial charge in [0.25, 0.3) is 0 Å². The lowest BCUT2D eigenvalue weighted by atomic mass is 9.92. The number of carbonyl (C=O) groups excluding carboxylic acids is 2. The van der Waals surface area contributed by atoms with Crippen molar-refractivity contribution in [3.8, 4) is 5.75 Å². The van der Waals surface area contributed by atoms with Crippen molar-refractivity contribution in [2.45, 2.75) is 38.9 Å². The van der Waals surface area contributed by atoms with Crippen LogP contribution in [0.5, 0.6) is 5.75 Å². The van der Waals surface area contributed by atoms with E-state index >= 15 is 0 Å². The molecule has 0 bridgehead atoms. The van der Waals surface area contributed by atoms with E-state index in [1.165, 1.54) is 0 Å². The Morgan fingerprint density at radius 3 is 2.61 bits per heavy atom. The van der Waals surface area contributed by atoms with Crippen LogP contribution >= 0.6 is 15.9 Å². The molecule has 1 atom stereocenters. The number of nitrogens with one attached hydrogen (secondary N) is 2. The van der Waals surface area contributed by atoms with Crippen molar-refractivity contribution in [1.29, 1.82) is 0 Å². The molecule has 2 amide bonds. The van der Waals surface area contributed by atoms with Crippen molar-refractivity contribution in [1.82, 2.24) is 5.32 Å². The van der Waals surface area contributed by atoms with Crippen molar-refractivity contribution in [3.05, 3.63) is 24.3 Å². The van der Waals surface area contributed by atoms with Crippen LogP contribution in [0.1, 0.15) is 34.1 Å². The lowest BCUT2D eigenvalue weighted by molar-refractivity contribution is -0.122. The van der Waals surface area contributed by atoms with E-state index < -0.39 is 0 Å². The molecular formula is C17H25BrN2O3. The van der Waals surface area contributed by atoms with Crippen LogP contribution in [0.15, 0.2) is 24.3 Å². The molecule has 2 N–H and O–H groups in total. The van der Waals surface area contributed by atoms with Crippen LogP contribution in [0.2, 0.25) is 0 Å². The van der Waals surface area contributed by atoms with E-state index in [0.717, 1.165) is 0 Å². The predicted octanol–water partition coefficient (Wildman–Crippen LogP) is 3.34. The van der Waals surface area contributed by atoms with Gasteiger partial charge in [-0.3, -0.25) is 9.59 Å². The first kappa shape index (κ1) is 19.5. The van der Waals surface area contributed by atoms with Crippen molar-refractivity contribution < 1.29 is 14.3 Å². The zero-order chi connectivity index (χ0) is 17.5. The maximum atomic E-state index is 11.9. The minimum atomic E-state index is -0.291. The number of alkyl halides is 1. The summed E-state index contributed by atoms with van der Waals surface area (Å²) in [5.41, 5.74) is 0.506. The summed E-state index contributed by atoms with van der Waals surface area (Å²) in [6.07, 6.45) is 0.217. The molecule has 0 aliphatic carbocycles. The molecule has 0 aromatic heterocycles. The van der Waals surface area contributed by atoms with Gasteiger partial charge in [-0.15, -0.1) is 0 Å². The molecule has 0 radical (unpaired) electrons. The van der Waals surface area contributed by atoms with Crippen LogP contribution in [0.3, 0.4) is 0 Å². The second kappa shape index (κ2) is 8.91. The highest BCUT2D eigenvalue weighted by atomic mass is 79.9. The Hall–Kier alpha value is -1.56. The molecule has 0 aliphatic heterocycles. The summed E-state index contributed by atoms with van der Waals surface area (Å²) < 4.78 is 5.39. The zero-order valence-corrected chi connectivity index (χ0v) is 15.7. The Morgan fingerprint density at radius 1 is 1.30 bits per heavy atom. The Balaban J connectivity index is 2.40. The molecule has 23 heavy (non-hydrogen) atoms. The number of benzene rings is 1. The summed E-state index contributed by atoms with van der Waals surface area (Å²) in [4.78, 5) is 23.6. The summed E-state index contributed by atoms with van der Waals surface area (Å²) in [5, 5.41) is 5.56. The molecule has 0 heterocycles. The van der Waals surface area contributed by atoms with Crippen molar-refractivity contribution in [3.63, 3.8) is 0 Å². The third kappa shape index (κ3) is 7.03. The number of rotatable bonds is 7. The highest BCUT2D eigenvalue weighted by molar-refractivity contribution is 9.10. The number of hydrogen-bond acceptors (Lipinski definition) is 3. The number of hydrogen-bond donors (Lipinski definition) is 2. The average Bonchev–Trinajstić information content (AvgIpc) is 2.46. The van der Waals surface area contributed by atoms with Gasteiger partial charge in [0.1, 0.15) is 5.75 Å². The van der Waals surface area contributed by atoms with E-state index in [0.29, 0.717) is 24.6 Å². The fraction of sp³-hybridized carbons (Fsp3) is 0.529. The first-order chi connectivity index (χ1) is 10.7. The minimum Gasteiger partial charge on any atom is -0.494 e. The molecule has 6 heteroatoms. The maximum absolute atomic E-state index is 11.9. The van der Waals surface area contributed by atoms with Crippen LogP contribution in [-0.2, 0) is 9.59 Å². The van der Waals surface area contributed by atoms with E-state index in [-0.39, 0.29) is 28.5 Å². The number of ether oxygens (including phenoxy) is 1. The van der Waals surface area contributed by atoms with Crippen LogP contribution in [0.25, 0.3) is 0 Å². The quantitative estimate of drug-likeness (QED) is 0.708. The highest BCUT2D eigenvalue weighted by Gasteiger charge is 2.28. The van der Waals surface area contributed by atoms with Gasteiger partial charge < -0.3 is 15.4 Å². The molecule has 1 aromatic rings. The zero-order valence-electron chi connectivity index (χ0n) is 14.1. The normalized spacial score (nSPS) is 12.4. The van der Waals surface area contributed by atoms with Crippen molar-refractivity contribution >= 4 is 33.4 Å². The smallest absolute Gasteiger partial charge is 0.234 e. The fourth-order valence-corrected chi connectivity index (χ4v) is 2.00. The van der Waals surface area contributed by atoms with Gasteiger partial charge in [0.2, 0.25) is 11.8 Å². The average molecular weight is 385 g/mol. The van der Waals surface area contributed by atoms with Crippen LogP contribution < -0.4 is 15.4 Å². The van der Waals surface area contributed by atoms with E-state index in [4.69, 9.17) is 4.74 Å². The highest BCUT2D eigenvalue weighted by Crippen LogP contribution is 2.25. The van der Waals surface area contributed by atoms with Gasteiger partial charge in [-0.2, -0.15) is 0 Å². The maximum Gasteiger partial charge on any atom is 0.234 e. The Bertz CT molecular complexity index is 541. The van der Waals surface area contributed by atoms with E-state index in [2.05, 4.69) is 26.6 Å². The predicted molar refractivity (Wildman–Crippen MR) is 96.0 cm³/mol. The molecule has 1 rings (SSSR count). The molecule has 0 aliphatic rings. The third-order valence-electron chi connectivity index (χ3n) is 3.07. The Kier molecular flexibility index (Phi) is 7.55. The first-order valence-electron chi connectivity index (χ1n) is 7.68. The van der Waals surface area contributed by atoms with Crippen LogP contribution in [-0.4, -0.2) is 29.8 Å². The van der Waals surface area contributed by atoms with E-state index in [1.807, 2.05) is 39.8 Å². The number of anilines is 1. The van der Waals surface area contributed by atoms with E-state index in [1.54, 1.807) is 12.1 Å². The standard InChI is InChI=1S/C17H25BrN2O3/c1-5-23-13-8-6-7-12(11-13)20-14(21)9-10-19-16(22)15(18)17(2,3)4/h6-8,11,15H,5,9-10H2,1-4H3,(H,19,22)(H,20,21)/t15-/m1/s1. The summed E-state index contributed by atoms with van der Waals surface area (Å²) in [5.74, 6) is 0.454. The fourth-order valence-electron chi connectivity index (χ4n) is 1.84. The van der Waals surface area contributed by atoms with Gasteiger partial charge in [0.05, 0.1) is 11.4 Å². The second-order valence-electron chi connectivity index (χ2n) is 6.28. The van der Waals surface area contributed by atoms with Gasteiger partial charge in [0, 0.05) is 24.7 Å². The van der Waals surface area contributed by atoms with Crippen LogP contribution in [0, 0.1) is 5.41 Å². The number of halogens is 1. The number of amides is 2. The summed E-state index contributed by atoms with van der Waals surface area (Å²) in [6.45, 7) is 8.71. The lowest BCUT2D eigenvalue weighted by Crippen LogP contribution is -2.39. The molecule has 0 unspecified atom stereocenters. The van der Waals surface area contributed by atoms with Crippen molar-refractivity contribution in [2.24, 2.45) is 5.41 Å². The SMILES string of the molecule is CCOc1cccc(NC(=O)CCNC(=O)[C@@H](Br)C(C)(C)C)c1. The largest absolute Gasteiger partial charge is 0.494 e. The Morgan fingerprint density at radius 2 is 2.00 bits per heavy atom. The molecule has 128 valence electrons. The van der Waals surface area contributed by atoms with Gasteiger partial charge in [0.15, 0.2) is 0 Å². The minimum absolute atomic E-state index is 0.108. The molecule has 1 aromatic carbocycles. The molecule has 0 spiro atoms. The topological polar surface area (TPSA) is 67.4 Å². The summed E-state index contributed by atoms with van der Waals surface area (Å²) in [6, 6.07) is 7.23. The molecule has 0 saturated heterocycles. The molecule has 0 saturated carbocycles. The number of carbonyl (C=O) groups is 2.